The number of carboxylic acids is 1. The number of anilines is 1. The Kier molecular flexibility index (Phi) is 7.31. The monoisotopic (exact) mass is 267 g/mol. The average Bonchev–Trinajstić information content (AvgIpc) is 2.40. The zero-order chi connectivity index (χ0) is 13.9. The fraction of sp³-hybridized carbons (Fsp3) is 0.615. The summed E-state index contributed by atoms with van der Waals surface area (Å²) >= 11 is 0. The molecule has 106 valence electrons. The smallest absolute Gasteiger partial charge is 0.303 e. The maximum atomic E-state index is 10.3. The van der Waals surface area contributed by atoms with Gasteiger partial charge >= 0.3 is 5.97 Å². The number of carbonyl (C=O) groups is 1. The maximum absolute atomic E-state index is 10.3. The van der Waals surface area contributed by atoms with Crippen LogP contribution in [0.3, 0.4) is 0 Å². The van der Waals surface area contributed by atoms with Crippen LogP contribution in [0.5, 0.6) is 5.88 Å². The molecule has 0 saturated carbocycles. The predicted octanol–water partition coefficient (Wildman–Crippen LogP) is 2.32. The molecular formula is C13H21N3O3. The summed E-state index contributed by atoms with van der Waals surface area (Å²) in [4.78, 5) is 18.4. The number of carboxylic acid groups (broad SMARTS) is 1. The molecule has 0 unspecified atom stereocenters. The highest BCUT2D eigenvalue weighted by Crippen LogP contribution is 2.11. The van der Waals surface area contributed by atoms with Crippen LogP contribution in [-0.2, 0) is 4.79 Å². The summed E-state index contributed by atoms with van der Waals surface area (Å²) in [5.74, 6) is 0.575. The minimum Gasteiger partial charge on any atom is -0.481 e. The molecule has 0 spiro atoms. The third-order valence-corrected chi connectivity index (χ3v) is 2.47. The largest absolute Gasteiger partial charge is 0.481 e. The third kappa shape index (κ3) is 7.23. The number of nitrogens with zero attached hydrogens (tertiary/aromatic N) is 2. The highest BCUT2D eigenvalue weighted by atomic mass is 16.5. The van der Waals surface area contributed by atoms with E-state index in [9.17, 15) is 4.79 Å². The number of nitrogens with one attached hydrogen (secondary N) is 1. The Morgan fingerprint density at radius 1 is 1.37 bits per heavy atom. The van der Waals surface area contributed by atoms with Crippen LogP contribution in [0.25, 0.3) is 0 Å². The van der Waals surface area contributed by atoms with Crippen molar-refractivity contribution in [2.24, 2.45) is 0 Å². The zero-order valence-electron chi connectivity index (χ0n) is 11.3. The first kappa shape index (κ1) is 15.2. The van der Waals surface area contributed by atoms with E-state index in [0.29, 0.717) is 18.9 Å². The molecule has 0 radical (unpaired) electrons. The van der Waals surface area contributed by atoms with Crippen LogP contribution in [0.2, 0.25) is 0 Å². The van der Waals surface area contributed by atoms with E-state index in [1.807, 2.05) is 6.92 Å². The van der Waals surface area contributed by atoms with Crippen LogP contribution in [0.1, 0.15) is 39.0 Å². The first-order valence-corrected chi connectivity index (χ1v) is 6.63. The number of aromatic nitrogens is 2. The Balaban J connectivity index is 2.19. The molecule has 6 nitrogen and oxygen atoms in total. The SMILES string of the molecule is CCCOc1cc(NCCCCCC(=O)O)ncn1. The van der Waals surface area contributed by atoms with E-state index in [4.69, 9.17) is 9.84 Å². The van der Waals surface area contributed by atoms with Crippen LogP contribution < -0.4 is 10.1 Å². The van der Waals surface area contributed by atoms with Gasteiger partial charge in [0.15, 0.2) is 0 Å². The highest BCUT2D eigenvalue weighted by Gasteiger charge is 2.00. The normalized spacial score (nSPS) is 10.2. The number of unbranched alkanes of at least 4 members (excludes halogenated alkanes) is 2. The van der Waals surface area contributed by atoms with Crippen molar-refractivity contribution in [1.29, 1.82) is 0 Å². The lowest BCUT2D eigenvalue weighted by Gasteiger charge is -2.07. The lowest BCUT2D eigenvalue weighted by Crippen LogP contribution is -2.05. The van der Waals surface area contributed by atoms with Gasteiger partial charge in [0.1, 0.15) is 12.1 Å². The Hall–Kier alpha value is -1.85. The van der Waals surface area contributed by atoms with Gasteiger partial charge in [-0.05, 0) is 19.3 Å². The van der Waals surface area contributed by atoms with Gasteiger partial charge in [0.05, 0.1) is 6.61 Å². The second-order valence-electron chi connectivity index (χ2n) is 4.22. The molecule has 0 bridgehead atoms. The van der Waals surface area contributed by atoms with Gasteiger partial charge in [-0.2, -0.15) is 0 Å². The van der Waals surface area contributed by atoms with E-state index < -0.39 is 5.97 Å². The van der Waals surface area contributed by atoms with Crippen molar-refractivity contribution in [2.75, 3.05) is 18.5 Å². The minimum absolute atomic E-state index is 0.239. The second-order valence-corrected chi connectivity index (χ2v) is 4.22. The van der Waals surface area contributed by atoms with Crippen LogP contribution >= 0.6 is 0 Å². The molecule has 0 aromatic carbocycles. The average molecular weight is 267 g/mol. The summed E-state index contributed by atoms with van der Waals surface area (Å²) in [6.07, 6.45) is 5.17. The molecule has 1 aromatic heterocycles. The molecule has 0 saturated heterocycles. The zero-order valence-corrected chi connectivity index (χ0v) is 11.3. The van der Waals surface area contributed by atoms with Crippen LogP contribution in [0, 0.1) is 0 Å². The van der Waals surface area contributed by atoms with Crippen LogP contribution in [0.4, 0.5) is 5.82 Å². The van der Waals surface area contributed by atoms with Gasteiger partial charge in [-0.3, -0.25) is 4.79 Å². The van der Waals surface area contributed by atoms with Gasteiger partial charge in [0, 0.05) is 19.0 Å². The summed E-state index contributed by atoms with van der Waals surface area (Å²) in [5, 5.41) is 11.7. The Morgan fingerprint density at radius 3 is 2.95 bits per heavy atom. The fourth-order valence-corrected chi connectivity index (χ4v) is 1.52. The Bertz CT molecular complexity index is 385. The van der Waals surface area contributed by atoms with Gasteiger partial charge < -0.3 is 15.2 Å². The van der Waals surface area contributed by atoms with Crippen molar-refractivity contribution in [2.45, 2.75) is 39.0 Å². The van der Waals surface area contributed by atoms with Crippen LogP contribution in [-0.4, -0.2) is 34.2 Å². The number of rotatable bonds is 10. The fourth-order valence-electron chi connectivity index (χ4n) is 1.52. The molecule has 0 aliphatic heterocycles. The molecule has 19 heavy (non-hydrogen) atoms. The van der Waals surface area contributed by atoms with E-state index in [-0.39, 0.29) is 6.42 Å². The van der Waals surface area contributed by atoms with E-state index in [1.165, 1.54) is 6.33 Å². The molecule has 6 heteroatoms. The highest BCUT2D eigenvalue weighted by molar-refractivity contribution is 5.66. The quantitative estimate of drug-likeness (QED) is 0.633. The van der Waals surface area contributed by atoms with Gasteiger partial charge in [-0.25, -0.2) is 9.97 Å². The molecular weight excluding hydrogens is 246 g/mol. The number of hydrogen-bond acceptors (Lipinski definition) is 5. The first-order chi connectivity index (χ1) is 9.22. The van der Waals surface area contributed by atoms with E-state index >= 15 is 0 Å². The molecule has 0 fully saturated rings. The standard InChI is InChI=1S/C13H21N3O3/c1-2-8-19-12-9-11(15-10-16-12)14-7-5-3-4-6-13(17)18/h9-10H,2-8H2,1H3,(H,17,18)(H,14,15,16). The molecule has 1 rings (SSSR count). The van der Waals surface area contributed by atoms with Gasteiger partial charge in [0.25, 0.3) is 0 Å². The van der Waals surface area contributed by atoms with E-state index in [1.54, 1.807) is 6.07 Å². The first-order valence-electron chi connectivity index (χ1n) is 6.63. The Labute approximate surface area is 113 Å². The van der Waals surface area contributed by atoms with E-state index in [2.05, 4.69) is 15.3 Å². The summed E-state index contributed by atoms with van der Waals surface area (Å²) < 4.78 is 5.41. The summed E-state index contributed by atoms with van der Waals surface area (Å²) in [7, 11) is 0. The number of aliphatic carboxylic acids is 1. The topological polar surface area (TPSA) is 84.3 Å². The van der Waals surface area contributed by atoms with Gasteiger partial charge in [-0.1, -0.05) is 13.3 Å². The van der Waals surface area contributed by atoms with Crippen molar-refractivity contribution in [3.63, 3.8) is 0 Å². The Morgan fingerprint density at radius 2 is 2.21 bits per heavy atom. The molecule has 0 amide bonds. The van der Waals surface area contributed by atoms with Crippen molar-refractivity contribution >= 4 is 11.8 Å². The number of ether oxygens (including phenoxy) is 1. The summed E-state index contributed by atoms with van der Waals surface area (Å²) in [5.41, 5.74) is 0. The molecule has 0 aliphatic carbocycles. The molecule has 0 atom stereocenters. The van der Waals surface area contributed by atoms with Gasteiger partial charge in [0.2, 0.25) is 5.88 Å². The summed E-state index contributed by atoms with van der Waals surface area (Å²) in [6.45, 7) is 3.45. The lowest BCUT2D eigenvalue weighted by atomic mass is 10.2. The molecule has 1 heterocycles. The van der Waals surface area contributed by atoms with Crippen molar-refractivity contribution in [1.82, 2.24) is 9.97 Å². The van der Waals surface area contributed by atoms with Crippen molar-refractivity contribution in [3.8, 4) is 5.88 Å². The second kappa shape index (κ2) is 9.13. The number of hydrogen-bond donors (Lipinski definition) is 2. The molecule has 2 N–H and O–H groups in total. The van der Waals surface area contributed by atoms with Crippen molar-refractivity contribution < 1.29 is 14.6 Å². The minimum atomic E-state index is -0.735. The molecule has 0 aliphatic rings. The third-order valence-electron chi connectivity index (χ3n) is 2.47. The van der Waals surface area contributed by atoms with Gasteiger partial charge in [-0.15, -0.1) is 0 Å². The molecule has 1 aromatic rings. The summed E-state index contributed by atoms with van der Waals surface area (Å²) in [6, 6.07) is 1.77. The van der Waals surface area contributed by atoms with Crippen LogP contribution in [0.15, 0.2) is 12.4 Å². The van der Waals surface area contributed by atoms with E-state index in [0.717, 1.165) is 31.6 Å². The van der Waals surface area contributed by atoms with Crippen molar-refractivity contribution in [3.05, 3.63) is 12.4 Å². The maximum Gasteiger partial charge on any atom is 0.303 e. The lowest BCUT2D eigenvalue weighted by molar-refractivity contribution is -0.137. The predicted molar refractivity (Wildman–Crippen MR) is 72.4 cm³/mol.